The molecule has 1 saturated heterocycles. The first-order valence-electron chi connectivity index (χ1n) is 4.54. The molecule has 1 rings (SSSR count). The highest BCUT2D eigenvalue weighted by Crippen LogP contribution is 2.19. The zero-order chi connectivity index (χ0) is 11.7. The topological polar surface area (TPSA) is 91.8 Å². The van der Waals surface area contributed by atoms with Crippen molar-refractivity contribution in [1.29, 1.82) is 0 Å². The largest absolute Gasteiger partial charge is 0.395 e. The van der Waals surface area contributed by atoms with Gasteiger partial charge in [-0.2, -0.15) is 4.31 Å². The zero-order valence-electron chi connectivity index (χ0n) is 8.46. The number of hydrogen-bond donors (Lipinski definition) is 1. The molecular weight excluding hydrogens is 242 g/mol. The van der Waals surface area contributed by atoms with E-state index in [1.54, 1.807) is 0 Å². The summed E-state index contributed by atoms with van der Waals surface area (Å²) in [6.07, 6.45) is 1.34. The van der Waals surface area contributed by atoms with E-state index in [0.29, 0.717) is 6.42 Å². The average molecular weight is 257 g/mol. The zero-order valence-corrected chi connectivity index (χ0v) is 10.1. The highest BCUT2D eigenvalue weighted by atomic mass is 32.2. The molecule has 0 aliphatic carbocycles. The fourth-order valence-corrected chi connectivity index (χ4v) is 4.68. The van der Waals surface area contributed by atoms with Gasteiger partial charge in [0.1, 0.15) is 0 Å². The molecule has 1 N–H and O–H groups in total. The normalized spacial score (nSPS) is 25.9. The van der Waals surface area contributed by atoms with Gasteiger partial charge in [-0.05, 0) is 6.42 Å². The number of aliphatic hydroxyl groups excluding tert-OH is 1. The Kier molecular flexibility index (Phi) is 3.75. The van der Waals surface area contributed by atoms with Crippen LogP contribution in [0.3, 0.4) is 0 Å². The number of hydrogen-bond acceptors (Lipinski definition) is 5. The monoisotopic (exact) mass is 257 g/mol. The van der Waals surface area contributed by atoms with E-state index in [9.17, 15) is 16.8 Å². The molecule has 0 amide bonds. The standard InChI is InChI=1S/C7H15NO5S2/c1-14(10,11)8(3-4-9)7-2-5-15(12,13)6-7/h7,9H,2-6H2,1H3. The third kappa shape index (κ3) is 3.40. The summed E-state index contributed by atoms with van der Waals surface area (Å²) in [5, 5.41) is 8.73. The van der Waals surface area contributed by atoms with Gasteiger partial charge in [-0.3, -0.25) is 0 Å². The van der Waals surface area contributed by atoms with E-state index in [0.717, 1.165) is 10.6 Å². The van der Waals surface area contributed by atoms with Gasteiger partial charge in [-0.1, -0.05) is 0 Å². The minimum atomic E-state index is -3.45. The van der Waals surface area contributed by atoms with Crippen LogP contribution >= 0.6 is 0 Å². The third-order valence-electron chi connectivity index (χ3n) is 2.36. The fourth-order valence-electron chi connectivity index (χ4n) is 1.72. The molecule has 15 heavy (non-hydrogen) atoms. The predicted molar refractivity (Wildman–Crippen MR) is 55.7 cm³/mol. The Balaban J connectivity index is 2.84. The van der Waals surface area contributed by atoms with E-state index in [-0.39, 0.29) is 24.7 Å². The number of sulfone groups is 1. The van der Waals surface area contributed by atoms with E-state index in [1.807, 2.05) is 0 Å². The highest BCUT2D eigenvalue weighted by Gasteiger charge is 2.35. The Hall–Kier alpha value is -0.180. The lowest BCUT2D eigenvalue weighted by atomic mass is 10.3. The van der Waals surface area contributed by atoms with Crippen molar-refractivity contribution in [3.05, 3.63) is 0 Å². The SMILES string of the molecule is CS(=O)(=O)N(CCO)C1CCS(=O)(=O)C1. The lowest BCUT2D eigenvalue weighted by Crippen LogP contribution is -2.42. The Morgan fingerprint density at radius 3 is 2.40 bits per heavy atom. The van der Waals surface area contributed by atoms with Crippen LogP contribution in [0, 0.1) is 0 Å². The van der Waals surface area contributed by atoms with Crippen LogP contribution in [0.25, 0.3) is 0 Å². The first-order valence-corrected chi connectivity index (χ1v) is 8.21. The van der Waals surface area contributed by atoms with E-state index >= 15 is 0 Å². The summed E-state index contributed by atoms with van der Waals surface area (Å²) in [5.74, 6) is -0.116. The van der Waals surface area contributed by atoms with E-state index in [1.165, 1.54) is 0 Å². The second kappa shape index (κ2) is 4.36. The van der Waals surface area contributed by atoms with Gasteiger partial charge in [-0.15, -0.1) is 0 Å². The molecule has 0 spiro atoms. The predicted octanol–water partition coefficient (Wildman–Crippen LogP) is -1.57. The third-order valence-corrected chi connectivity index (χ3v) is 5.45. The molecular formula is C7H15NO5S2. The molecule has 8 heteroatoms. The molecule has 0 saturated carbocycles. The van der Waals surface area contributed by atoms with Crippen LogP contribution in [0.2, 0.25) is 0 Å². The van der Waals surface area contributed by atoms with Crippen molar-refractivity contribution in [2.75, 3.05) is 30.9 Å². The molecule has 1 aliphatic heterocycles. The summed E-state index contributed by atoms with van der Waals surface area (Å²) in [7, 11) is -6.56. The Labute approximate surface area is 89.9 Å². The van der Waals surface area contributed by atoms with Crippen molar-refractivity contribution in [2.45, 2.75) is 12.5 Å². The Morgan fingerprint density at radius 2 is 2.07 bits per heavy atom. The van der Waals surface area contributed by atoms with Crippen LogP contribution < -0.4 is 0 Å². The first-order chi connectivity index (χ1) is 6.76. The fraction of sp³-hybridized carbons (Fsp3) is 1.00. The molecule has 90 valence electrons. The van der Waals surface area contributed by atoms with Gasteiger partial charge in [0.15, 0.2) is 9.84 Å². The number of nitrogens with zero attached hydrogens (tertiary/aromatic N) is 1. The van der Waals surface area contributed by atoms with Crippen LogP contribution in [0.5, 0.6) is 0 Å². The van der Waals surface area contributed by atoms with E-state index < -0.39 is 25.9 Å². The lowest BCUT2D eigenvalue weighted by molar-refractivity contribution is 0.233. The van der Waals surface area contributed by atoms with Crippen molar-refractivity contribution in [2.24, 2.45) is 0 Å². The molecule has 1 fully saturated rings. The molecule has 0 bridgehead atoms. The average Bonchev–Trinajstić information content (AvgIpc) is 2.39. The minimum Gasteiger partial charge on any atom is -0.395 e. The van der Waals surface area contributed by atoms with E-state index in [4.69, 9.17) is 5.11 Å². The number of aliphatic hydroxyl groups is 1. The van der Waals surface area contributed by atoms with Crippen molar-refractivity contribution in [3.8, 4) is 0 Å². The van der Waals surface area contributed by atoms with Crippen molar-refractivity contribution < 1.29 is 21.9 Å². The summed E-state index contributed by atoms with van der Waals surface area (Å²) < 4.78 is 46.1. The van der Waals surface area contributed by atoms with Crippen LogP contribution in [-0.4, -0.2) is 63.2 Å². The summed E-state index contributed by atoms with van der Waals surface area (Å²) in [5.41, 5.74) is 0. The van der Waals surface area contributed by atoms with Gasteiger partial charge in [0.2, 0.25) is 10.0 Å². The maximum Gasteiger partial charge on any atom is 0.211 e. The van der Waals surface area contributed by atoms with Gasteiger partial charge >= 0.3 is 0 Å². The summed E-state index contributed by atoms with van der Waals surface area (Å²) >= 11 is 0. The maximum absolute atomic E-state index is 11.3. The molecule has 0 radical (unpaired) electrons. The van der Waals surface area contributed by atoms with Gasteiger partial charge in [-0.25, -0.2) is 16.8 Å². The molecule has 0 aromatic carbocycles. The van der Waals surface area contributed by atoms with Crippen LogP contribution in [-0.2, 0) is 19.9 Å². The summed E-state index contributed by atoms with van der Waals surface area (Å²) in [4.78, 5) is 0. The molecule has 1 unspecified atom stereocenters. The first kappa shape index (κ1) is 12.9. The number of rotatable bonds is 4. The van der Waals surface area contributed by atoms with Crippen LogP contribution in [0.15, 0.2) is 0 Å². The van der Waals surface area contributed by atoms with Crippen molar-refractivity contribution in [1.82, 2.24) is 4.31 Å². The molecule has 1 atom stereocenters. The molecule has 0 aromatic rings. The summed E-state index contributed by atoms with van der Waals surface area (Å²) in [6.45, 7) is -0.345. The molecule has 0 aromatic heterocycles. The van der Waals surface area contributed by atoms with Gasteiger partial charge in [0, 0.05) is 12.6 Å². The lowest BCUT2D eigenvalue weighted by Gasteiger charge is -2.24. The second-order valence-corrected chi connectivity index (χ2v) is 7.82. The minimum absolute atomic E-state index is 0.0229. The number of sulfonamides is 1. The molecule has 1 aliphatic rings. The maximum atomic E-state index is 11.3. The Morgan fingerprint density at radius 1 is 1.47 bits per heavy atom. The van der Waals surface area contributed by atoms with E-state index in [2.05, 4.69) is 0 Å². The summed E-state index contributed by atoms with van der Waals surface area (Å²) in [6, 6.07) is -0.517. The van der Waals surface area contributed by atoms with Gasteiger partial charge < -0.3 is 5.11 Å². The van der Waals surface area contributed by atoms with Crippen LogP contribution in [0.4, 0.5) is 0 Å². The van der Waals surface area contributed by atoms with Crippen LogP contribution in [0.1, 0.15) is 6.42 Å². The molecule has 1 heterocycles. The Bertz CT molecular complexity index is 413. The van der Waals surface area contributed by atoms with Crippen molar-refractivity contribution in [3.63, 3.8) is 0 Å². The smallest absolute Gasteiger partial charge is 0.211 e. The van der Waals surface area contributed by atoms with Gasteiger partial charge in [0.05, 0.1) is 24.4 Å². The second-order valence-electron chi connectivity index (χ2n) is 3.65. The molecule has 6 nitrogen and oxygen atoms in total. The van der Waals surface area contributed by atoms with Gasteiger partial charge in [0.25, 0.3) is 0 Å². The highest BCUT2D eigenvalue weighted by molar-refractivity contribution is 7.92. The van der Waals surface area contributed by atoms with Crippen molar-refractivity contribution >= 4 is 19.9 Å². The quantitative estimate of drug-likeness (QED) is 0.657.